The van der Waals surface area contributed by atoms with Crippen LogP contribution in [0.3, 0.4) is 0 Å². The molecule has 1 atom stereocenters. The summed E-state index contributed by atoms with van der Waals surface area (Å²) in [4.78, 5) is 12.7. The van der Waals surface area contributed by atoms with Crippen LogP contribution in [0.1, 0.15) is 42.3 Å². The minimum absolute atomic E-state index is 0.0120. The van der Waals surface area contributed by atoms with Gasteiger partial charge in [-0.1, -0.05) is 31.2 Å². The van der Waals surface area contributed by atoms with Crippen molar-refractivity contribution in [3.05, 3.63) is 59.7 Å². The first-order chi connectivity index (χ1) is 11.9. The zero-order valence-corrected chi connectivity index (χ0v) is 15.5. The zero-order valence-electron chi connectivity index (χ0n) is 14.7. The van der Waals surface area contributed by atoms with Gasteiger partial charge in [0.05, 0.1) is 22.3 Å². The van der Waals surface area contributed by atoms with Crippen molar-refractivity contribution in [3.8, 4) is 0 Å². The van der Waals surface area contributed by atoms with E-state index in [1.807, 2.05) is 25.1 Å². The largest absolute Gasteiger partial charge is 0.377 e. The summed E-state index contributed by atoms with van der Waals surface area (Å²) in [6.07, 6.45) is 0.393. The summed E-state index contributed by atoms with van der Waals surface area (Å²) in [6, 6.07) is 13.6. The lowest BCUT2D eigenvalue weighted by Crippen LogP contribution is -2.18. The number of hydrogen-bond acceptors (Lipinski definition) is 4. The van der Waals surface area contributed by atoms with Gasteiger partial charge in [-0.15, -0.1) is 0 Å². The lowest BCUT2D eigenvalue weighted by atomic mass is 10.1. The standard InChI is InChI=1S/C19H23NO4S/c1-4-12-25(22,23)18-11-6-5-10-17(18)19(21)20-16-9-7-8-15(13-16)14(2)24-3/h5-11,13-14H,4,12H2,1-3H3,(H,20,21). The molecule has 0 heterocycles. The predicted molar refractivity (Wildman–Crippen MR) is 98.6 cm³/mol. The van der Waals surface area contributed by atoms with Gasteiger partial charge in [0, 0.05) is 12.8 Å². The molecule has 2 rings (SSSR count). The predicted octanol–water partition coefficient (Wildman–Crippen LogP) is 3.83. The van der Waals surface area contributed by atoms with E-state index in [0.29, 0.717) is 12.1 Å². The van der Waals surface area contributed by atoms with Crippen LogP contribution in [0.4, 0.5) is 5.69 Å². The van der Waals surface area contributed by atoms with Crippen LogP contribution < -0.4 is 5.32 Å². The molecule has 0 aliphatic carbocycles. The van der Waals surface area contributed by atoms with Crippen molar-refractivity contribution in [2.75, 3.05) is 18.2 Å². The summed E-state index contributed by atoms with van der Waals surface area (Å²) >= 11 is 0. The van der Waals surface area contributed by atoms with Gasteiger partial charge in [-0.05, 0) is 43.2 Å². The third-order valence-electron chi connectivity index (χ3n) is 3.91. The number of methoxy groups -OCH3 is 1. The Balaban J connectivity index is 2.31. The van der Waals surface area contributed by atoms with Gasteiger partial charge in [0.15, 0.2) is 9.84 Å². The topological polar surface area (TPSA) is 72.5 Å². The Morgan fingerprint density at radius 1 is 1.16 bits per heavy atom. The van der Waals surface area contributed by atoms with Crippen LogP contribution in [0.2, 0.25) is 0 Å². The van der Waals surface area contributed by atoms with E-state index >= 15 is 0 Å². The second-order valence-corrected chi connectivity index (χ2v) is 7.85. The Bertz CT molecular complexity index is 846. The minimum Gasteiger partial charge on any atom is -0.377 e. The summed E-state index contributed by atoms with van der Waals surface area (Å²) < 4.78 is 30.1. The fraction of sp³-hybridized carbons (Fsp3) is 0.316. The van der Waals surface area contributed by atoms with Gasteiger partial charge in [0.2, 0.25) is 0 Å². The van der Waals surface area contributed by atoms with Gasteiger partial charge < -0.3 is 10.1 Å². The van der Waals surface area contributed by atoms with Crippen LogP contribution in [0.25, 0.3) is 0 Å². The average molecular weight is 361 g/mol. The van der Waals surface area contributed by atoms with Crippen LogP contribution in [-0.2, 0) is 14.6 Å². The number of anilines is 1. The summed E-state index contributed by atoms with van der Waals surface area (Å²) in [7, 11) is -1.87. The highest BCUT2D eigenvalue weighted by Gasteiger charge is 2.21. The SMILES string of the molecule is CCCS(=O)(=O)c1ccccc1C(=O)Nc1cccc(C(C)OC)c1. The quantitative estimate of drug-likeness (QED) is 0.813. The molecule has 134 valence electrons. The zero-order chi connectivity index (χ0) is 18.4. The molecule has 0 saturated heterocycles. The van der Waals surface area contributed by atoms with Crippen molar-refractivity contribution in [1.29, 1.82) is 0 Å². The van der Waals surface area contributed by atoms with Gasteiger partial charge in [0.1, 0.15) is 0 Å². The maximum atomic E-state index is 12.6. The van der Waals surface area contributed by atoms with Gasteiger partial charge >= 0.3 is 0 Å². The van der Waals surface area contributed by atoms with Crippen molar-refractivity contribution in [3.63, 3.8) is 0 Å². The Kier molecular flexibility index (Phi) is 6.33. The van der Waals surface area contributed by atoms with E-state index in [1.165, 1.54) is 12.1 Å². The number of amides is 1. The Hall–Kier alpha value is -2.18. The number of carbonyl (C=O) groups is 1. The molecule has 0 aromatic heterocycles. The van der Waals surface area contributed by atoms with Crippen LogP contribution >= 0.6 is 0 Å². The molecule has 0 aliphatic rings. The van der Waals surface area contributed by atoms with Gasteiger partial charge in [-0.25, -0.2) is 8.42 Å². The lowest BCUT2D eigenvalue weighted by Gasteiger charge is -2.13. The van der Waals surface area contributed by atoms with Crippen LogP contribution in [0.5, 0.6) is 0 Å². The normalized spacial score (nSPS) is 12.6. The molecule has 2 aromatic carbocycles. The molecular weight excluding hydrogens is 338 g/mol. The number of ether oxygens (including phenoxy) is 1. The van der Waals surface area contributed by atoms with E-state index in [2.05, 4.69) is 5.32 Å². The molecule has 1 amide bonds. The number of nitrogens with one attached hydrogen (secondary N) is 1. The van der Waals surface area contributed by atoms with E-state index in [1.54, 1.807) is 32.2 Å². The fourth-order valence-electron chi connectivity index (χ4n) is 2.51. The van der Waals surface area contributed by atoms with E-state index in [-0.39, 0.29) is 22.3 Å². The molecule has 0 fully saturated rings. The fourth-order valence-corrected chi connectivity index (χ4v) is 4.05. The van der Waals surface area contributed by atoms with Gasteiger partial charge in [-0.2, -0.15) is 0 Å². The lowest BCUT2D eigenvalue weighted by molar-refractivity contribution is 0.102. The molecule has 0 spiro atoms. The monoisotopic (exact) mass is 361 g/mol. The molecule has 0 aliphatic heterocycles. The molecular formula is C19H23NO4S. The van der Waals surface area contributed by atoms with Gasteiger partial charge in [0.25, 0.3) is 5.91 Å². The number of rotatable bonds is 7. The second kappa shape index (κ2) is 8.27. The average Bonchev–Trinajstić information content (AvgIpc) is 2.61. The van der Waals surface area contributed by atoms with Gasteiger partial charge in [-0.3, -0.25) is 4.79 Å². The highest BCUT2D eigenvalue weighted by molar-refractivity contribution is 7.91. The molecule has 0 bridgehead atoms. The van der Waals surface area contributed by atoms with Crippen molar-refractivity contribution < 1.29 is 17.9 Å². The number of sulfone groups is 1. The van der Waals surface area contributed by atoms with Crippen LogP contribution in [-0.4, -0.2) is 27.2 Å². The molecule has 2 aromatic rings. The van der Waals surface area contributed by atoms with Crippen LogP contribution in [0.15, 0.2) is 53.4 Å². The Labute approximate surface area is 148 Å². The highest BCUT2D eigenvalue weighted by atomic mass is 32.2. The van der Waals surface area contributed by atoms with Crippen molar-refractivity contribution in [1.82, 2.24) is 0 Å². The first-order valence-electron chi connectivity index (χ1n) is 8.15. The smallest absolute Gasteiger partial charge is 0.256 e. The summed E-state index contributed by atoms with van der Waals surface area (Å²) in [5.74, 6) is -0.435. The summed E-state index contributed by atoms with van der Waals surface area (Å²) in [5, 5.41) is 2.77. The van der Waals surface area contributed by atoms with Crippen molar-refractivity contribution in [2.45, 2.75) is 31.3 Å². The van der Waals surface area contributed by atoms with E-state index in [4.69, 9.17) is 4.74 Å². The number of benzene rings is 2. The molecule has 1 N–H and O–H groups in total. The maximum Gasteiger partial charge on any atom is 0.256 e. The third-order valence-corrected chi connectivity index (χ3v) is 5.88. The minimum atomic E-state index is -3.48. The molecule has 1 unspecified atom stereocenters. The molecule has 25 heavy (non-hydrogen) atoms. The van der Waals surface area contributed by atoms with Crippen molar-refractivity contribution in [2.24, 2.45) is 0 Å². The number of hydrogen-bond donors (Lipinski definition) is 1. The Morgan fingerprint density at radius 3 is 2.56 bits per heavy atom. The second-order valence-electron chi connectivity index (χ2n) is 5.77. The molecule has 5 nitrogen and oxygen atoms in total. The number of carbonyl (C=O) groups excluding carboxylic acids is 1. The van der Waals surface area contributed by atoms with Crippen LogP contribution in [0, 0.1) is 0 Å². The van der Waals surface area contributed by atoms with E-state index in [9.17, 15) is 13.2 Å². The van der Waals surface area contributed by atoms with E-state index in [0.717, 1.165) is 5.56 Å². The highest BCUT2D eigenvalue weighted by Crippen LogP contribution is 2.22. The first-order valence-corrected chi connectivity index (χ1v) is 9.80. The molecule has 6 heteroatoms. The first kappa shape index (κ1) is 19.1. The van der Waals surface area contributed by atoms with E-state index < -0.39 is 15.7 Å². The maximum absolute atomic E-state index is 12.6. The molecule has 0 radical (unpaired) electrons. The molecule has 0 saturated carbocycles. The summed E-state index contributed by atoms with van der Waals surface area (Å²) in [5.41, 5.74) is 1.67. The van der Waals surface area contributed by atoms with Crippen molar-refractivity contribution >= 4 is 21.4 Å². The third kappa shape index (κ3) is 4.67. The summed E-state index contributed by atoms with van der Waals surface area (Å²) in [6.45, 7) is 3.70. The Morgan fingerprint density at radius 2 is 1.88 bits per heavy atom.